The number of aromatic nitrogens is 3. The number of rotatable bonds is 1. The van der Waals surface area contributed by atoms with Crippen molar-refractivity contribution in [2.24, 2.45) is 7.05 Å². The van der Waals surface area contributed by atoms with Gasteiger partial charge in [-0.05, 0) is 19.1 Å². The third kappa shape index (κ3) is 1.86. The summed E-state index contributed by atoms with van der Waals surface area (Å²) in [5, 5.41) is 5.09. The monoisotopic (exact) mass is 256 g/mol. The number of nitrogens with two attached hydrogens (primary N) is 1. The first kappa shape index (κ1) is 11.2. The lowest BCUT2D eigenvalue weighted by atomic mass is 10.1. The van der Waals surface area contributed by atoms with Crippen LogP contribution in [0.15, 0.2) is 12.1 Å². The van der Waals surface area contributed by atoms with Crippen molar-refractivity contribution in [3.63, 3.8) is 0 Å². The van der Waals surface area contributed by atoms with Gasteiger partial charge in [0.05, 0.1) is 10.7 Å². The maximum absolute atomic E-state index is 5.96. The zero-order chi connectivity index (χ0) is 11.9. The van der Waals surface area contributed by atoms with E-state index in [0.717, 1.165) is 0 Å². The second kappa shape index (κ2) is 3.96. The van der Waals surface area contributed by atoms with Gasteiger partial charge < -0.3 is 5.73 Å². The number of benzene rings is 1. The van der Waals surface area contributed by atoms with E-state index >= 15 is 0 Å². The van der Waals surface area contributed by atoms with E-state index in [0.29, 0.717) is 32.9 Å². The van der Waals surface area contributed by atoms with Crippen LogP contribution in [0, 0.1) is 6.92 Å². The first-order valence-electron chi connectivity index (χ1n) is 4.61. The number of aryl methyl sites for hydroxylation is 2. The van der Waals surface area contributed by atoms with E-state index in [4.69, 9.17) is 28.9 Å². The van der Waals surface area contributed by atoms with Gasteiger partial charge in [0.15, 0.2) is 5.82 Å². The Bertz CT molecular complexity index is 548. The maximum atomic E-state index is 5.96. The number of hydrogen-bond donors (Lipinski definition) is 1. The van der Waals surface area contributed by atoms with Crippen molar-refractivity contribution in [2.45, 2.75) is 6.92 Å². The SMILES string of the molecule is Cc1nc(-c2cc(Cl)cc(Cl)c2N)n(C)n1. The van der Waals surface area contributed by atoms with Gasteiger partial charge in [0.2, 0.25) is 0 Å². The van der Waals surface area contributed by atoms with E-state index in [2.05, 4.69) is 10.1 Å². The quantitative estimate of drug-likeness (QED) is 0.799. The Morgan fingerprint density at radius 2 is 2.00 bits per heavy atom. The van der Waals surface area contributed by atoms with E-state index in [1.165, 1.54) is 0 Å². The standard InChI is InChI=1S/C10H10Cl2N4/c1-5-14-10(16(2)15-5)7-3-6(11)4-8(12)9(7)13/h3-4H,13H2,1-2H3. The van der Waals surface area contributed by atoms with Crippen LogP contribution in [-0.4, -0.2) is 14.8 Å². The largest absolute Gasteiger partial charge is 0.397 e. The highest BCUT2D eigenvalue weighted by Crippen LogP contribution is 2.33. The van der Waals surface area contributed by atoms with Crippen molar-refractivity contribution >= 4 is 28.9 Å². The molecule has 16 heavy (non-hydrogen) atoms. The number of anilines is 1. The Kier molecular flexibility index (Phi) is 2.78. The summed E-state index contributed by atoms with van der Waals surface area (Å²) >= 11 is 11.9. The molecule has 0 saturated carbocycles. The minimum Gasteiger partial charge on any atom is -0.397 e. The topological polar surface area (TPSA) is 56.7 Å². The van der Waals surface area contributed by atoms with E-state index in [9.17, 15) is 0 Å². The molecule has 0 aliphatic heterocycles. The lowest BCUT2D eigenvalue weighted by Crippen LogP contribution is -1.98. The third-order valence-corrected chi connectivity index (χ3v) is 2.74. The Morgan fingerprint density at radius 1 is 1.31 bits per heavy atom. The van der Waals surface area contributed by atoms with Crippen molar-refractivity contribution in [1.29, 1.82) is 0 Å². The van der Waals surface area contributed by atoms with Crippen molar-refractivity contribution < 1.29 is 0 Å². The van der Waals surface area contributed by atoms with Crippen LogP contribution in [0.5, 0.6) is 0 Å². The van der Waals surface area contributed by atoms with Gasteiger partial charge in [0, 0.05) is 17.6 Å². The minimum absolute atomic E-state index is 0.420. The third-order valence-electron chi connectivity index (χ3n) is 2.20. The fourth-order valence-corrected chi connectivity index (χ4v) is 2.01. The predicted molar refractivity (Wildman–Crippen MR) is 65.6 cm³/mol. The molecule has 0 atom stereocenters. The molecule has 0 bridgehead atoms. The molecule has 0 spiro atoms. The lowest BCUT2D eigenvalue weighted by Gasteiger charge is -2.07. The van der Waals surface area contributed by atoms with Gasteiger partial charge >= 0.3 is 0 Å². The zero-order valence-electron chi connectivity index (χ0n) is 8.83. The maximum Gasteiger partial charge on any atom is 0.160 e. The van der Waals surface area contributed by atoms with Crippen molar-refractivity contribution in [2.75, 3.05) is 5.73 Å². The van der Waals surface area contributed by atoms with Gasteiger partial charge in [0.25, 0.3) is 0 Å². The molecule has 0 radical (unpaired) electrons. The van der Waals surface area contributed by atoms with E-state index in [1.807, 2.05) is 6.92 Å². The van der Waals surface area contributed by atoms with Crippen LogP contribution in [-0.2, 0) is 7.05 Å². The Balaban J connectivity index is 2.68. The van der Waals surface area contributed by atoms with Gasteiger partial charge in [-0.15, -0.1) is 0 Å². The van der Waals surface area contributed by atoms with E-state index in [1.54, 1.807) is 23.9 Å². The van der Waals surface area contributed by atoms with Gasteiger partial charge in [-0.1, -0.05) is 23.2 Å². The lowest BCUT2D eigenvalue weighted by molar-refractivity contribution is 0.764. The van der Waals surface area contributed by atoms with Gasteiger partial charge in [-0.25, -0.2) is 9.67 Å². The smallest absolute Gasteiger partial charge is 0.160 e. The molecule has 2 aromatic rings. The van der Waals surface area contributed by atoms with Crippen LogP contribution in [0.1, 0.15) is 5.82 Å². The number of halogens is 2. The summed E-state index contributed by atoms with van der Waals surface area (Å²) in [6.07, 6.45) is 0. The van der Waals surface area contributed by atoms with Crippen LogP contribution in [0.3, 0.4) is 0 Å². The molecule has 0 aliphatic carbocycles. The van der Waals surface area contributed by atoms with Crippen LogP contribution < -0.4 is 5.73 Å². The highest BCUT2D eigenvalue weighted by atomic mass is 35.5. The molecular formula is C10H10Cl2N4. The Morgan fingerprint density at radius 3 is 2.56 bits per heavy atom. The minimum atomic E-state index is 0.420. The van der Waals surface area contributed by atoms with Crippen molar-refractivity contribution in [3.05, 3.63) is 28.0 Å². The van der Waals surface area contributed by atoms with Crippen LogP contribution in [0.2, 0.25) is 10.0 Å². The molecular weight excluding hydrogens is 247 g/mol. The fraction of sp³-hybridized carbons (Fsp3) is 0.200. The van der Waals surface area contributed by atoms with Gasteiger partial charge in [0.1, 0.15) is 5.82 Å². The second-order valence-corrected chi connectivity index (χ2v) is 4.30. The molecule has 1 aromatic heterocycles. The number of hydrogen-bond acceptors (Lipinski definition) is 3. The van der Waals surface area contributed by atoms with Crippen molar-refractivity contribution in [3.8, 4) is 11.4 Å². The number of nitrogens with zero attached hydrogens (tertiary/aromatic N) is 3. The molecule has 1 aromatic carbocycles. The Labute approximate surface area is 103 Å². The average molecular weight is 257 g/mol. The van der Waals surface area contributed by atoms with E-state index in [-0.39, 0.29) is 0 Å². The van der Waals surface area contributed by atoms with Crippen LogP contribution >= 0.6 is 23.2 Å². The zero-order valence-corrected chi connectivity index (χ0v) is 10.3. The predicted octanol–water partition coefficient (Wildman–Crippen LogP) is 2.68. The molecule has 4 nitrogen and oxygen atoms in total. The van der Waals surface area contributed by atoms with Gasteiger partial charge in [-0.2, -0.15) is 5.10 Å². The summed E-state index contributed by atoms with van der Waals surface area (Å²) in [5.74, 6) is 1.33. The summed E-state index contributed by atoms with van der Waals surface area (Å²) in [5.41, 5.74) is 7.04. The summed E-state index contributed by atoms with van der Waals surface area (Å²) in [4.78, 5) is 4.28. The molecule has 0 aliphatic rings. The Hall–Kier alpha value is -1.26. The fourth-order valence-electron chi connectivity index (χ4n) is 1.52. The first-order valence-corrected chi connectivity index (χ1v) is 5.37. The second-order valence-electron chi connectivity index (χ2n) is 3.46. The molecule has 6 heteroatoms. The molecule has 0 saturated heterocycles. The molecule has 0 fully saturated rings. The highest BCUT2D eigenvalue weighted by Gasteiger charge is 2.13. The van der Waals surface area contributed by atoms with Crippen LogP contribution in [0.25, 0.3) is 11.4 Å². The molecule has 0 unspecified atom stereocenters. The highest BCUT2D eigenvalue weighted by molar-refractivity contribution is 6.37. The summed E-state index contributed by atoms with van der Waals surface area (Å²) in [6, 6.07) is 3.33. The summed E-state index contributed by atoms with van der Waals surface area (Å²) in [7, 11) is 1.80. The normalized spacial score (nSPS) is 10.8. The molecule has 2 N–H and O–H groups in total. The molecule has 84 valence electrons. The molecule has 2 rings (SSSR count). The van der Waals surface area contributed by atoms with E-state index < -0.39 is 0 Å². The van der Waals surface area contributed by atoms with Gasteiger partial charge in [-0.3, -0.25) is 0 Å². The van der Waals surface area contributed by atoms with Crippen LogP contribution in [0.4, 0.5) is 5.69 Å². The molecule has 1 heterocycles. The average Bonchev–Trinajstić information content (AvgIpc) is 2.51. The first-order chi connectivity index (χ1) is 7.49. The summed E-state index contributed by atoms with van der Waals surface area (Å²) in [6.45, 7) is 1.81. The number of nitrogen functional groups attached to an aromatic ring is 1. The molecule has 0 amide bonds. The van der Waals surface area contributed by atoms with Crippen molar-refractivity contribution in [1.82, 2.24) is 14.8 Å². The summed E-state index contributed by atoms with van der Waals surface area (Å²) < 4.78 is 1.65.